The molecule has 0 aliphatic heterocycles. The molecule has 31 heavy (non-hydrogen) atoms. The number of hydrogen-bond acceptors (Lipinski definition) is 9. The molecule has 0 aromatic rings. The molecule has 0 amide bonds. The van der Waals surface area contributed by atoms with Crippen LogP contribution in [0.25, 0.3) is 0 Å². The van der Waals surface area contributed by atoms with E-state index in [2.05, 4.69) is 0 Å². The van der Waals surface area contributed by atoms with Crippen LogP contribution in [0.1, 0.15) is 34.1 Å². The summed E-state index contributed by atoms with van der Waals surface area (Å²) in [7, 11) is -21.8. The summed E-state index contributed by atoms with van der Waals surface area (Å²) in [5.74, 6) is 0. The van der Waals surface area contributed by atoms with E-state index in [9.17, 15) is 47.6 Å². The molecular formula is C12H35N3O12P4. The molecule has 0 rings (SSSR count). The van der Waals surface area contributed by atoms with Crippen LogP contribution in [0, 0.1) is 0 Å². The average molecular weight is 537 g/mol. The van der Waals surface area contributed by atoms with Crippen LogP contribution in [0.5, 0.6) is 0 Å². The van der Waals surface area contributed by atoms with Gasteiger partial charge in [-0.2, -0.15) is 0 Å². The Balaban J connectivity index is 0. The van der Waals surface area contributed by atoms with Crippen LogP contribution in [0.15, 0.2) is 0 Å². The highest BCUT2D eigenvalue weighted by atomic mass is 31.2. The molecule has 0 bridgehead atoms. The van der Waals surface area contributed by atoms with E-state index in [4.69, 9.17) is 20.5 Å². The highest BCUT2D eigenvalue weighted by Gasteiger charge is 2.69. The lowest BCUT2D eigenvalue weighted by Gasteiger charge is -2.48. The number of rotatable bonds is 13. The fourth-order valence-electron chi connectivity index (χ4n) is 2.83. The Morgan fingerprint density at radius 3 is 1.32 bits per heavy atom. The first kappa shape index (κ1) is 33.7. The maximum absolute atomic E-state index is 13.4. The van der Waals surface area contributed by atoms with Crippen molar-refractivity contribution in [3.05, 3.63) is 0 Å². The minimum atomic E-state index is -5.67. The molecule has 10 N–H and O–H groups in total. The Hall–Kier alpha value is 0.480. The number of nitrogens with zero attached hydrogens (tertiary/aromatic N) is 1. The summed E-state index contributed by atoms with van der Waals surface area (Å²) in [6, 6.07) is 0. The monoisotopic (exact) mass is 537 g/mol. The fraction of sp³-hybridized carbons (Fsp3) is 1.00. The molecule has 0 saturated carbocycles. The normalized spacial score (nSPS) is 15.5. The fourth-order valence-corrected chi connectivity index (χ4v) is 11.0. The lowest BCUT2D eigenvalue weighted by molar-refractivity contribution is 0.118. The highest BCUT2D eigenvalue weighted by molar-refractivity contribution is 7.74. The first-order chi connectivity index (χ1) is 13.9. The van der Waals surface area contributed by atoms with Gasteiger partial charge >= 0.3 is 30.4 Å². The Kier molecular flexibility index (Phi) is 14.5. The zero-order valence-corrected chi connectivity index (χ0v) is 21.4. The molecule has 0 fully saturated rings. The molecule has 0 spiro atoms. The van der Waals surface area contributed by atoms with E-state index in [1.54, 1.807) is 0 Å². The third-order valence-corrected chi connectivity index (χ3v) is 13.1. The van der Waals surface area contributed by atoms with E-state index in [1.165, 1.54) is 13.8 Å². The van der Waals surface area contributed by atoms with E-state index in [1.807, 2.05) is 0 Å². The van der Waals surface area contributed by atoms with Crippen molar-refractivity contribution in [3.63, 3.8) is 0 Å². The van der Waals surface area contributed by atoms with Gasteiger partial charge in [0.05, 0.1) is 13.2 Å². The molecule has 0 aromatic heterocycles. The second-order valence-electron chi connectivity index (χ2n) is 5.89. The van der Waals surface area contributed by atoms with Gasteiger partial charge in [0.15, 0.2) is 0 Å². The van der Waals surface area contributed by atoms with Crippen LogP contribution in [0.4, 0.5) is 0 Å². The van der Waals surface area contributed by atoms with Gasteiger partial charge in [0.25, 0.3) is 0 Å². The van der Waals surface area contributed by atoms with Crippen molar-refractivity contribution in [1.29, 1.82) is 0 Å². The van der Waals surface area contributed by atoms with Crippen molar-refractivity contribution in [2.75, 3.05) is 32.8 Å². The van der Waals surface area contributed by atoms with Gasteiger partial charge in [-0.15, -0.1) is 0 Å². The van der Waals surface area contributed by atoms with E-state index in [0.717, 1.165) is 13.8 Å². The van der Waals surface area contributed by atoms with Gasteiger partial charge in [0, 0.05) is 13.1 Å². The lowest BCUT2D eigenvalue weighted by atomic mass is 10.4. The predicted octanol–water partition coefficient (Wildman–Crippen LogP) is 0.359. The van der Waals surface area contributed by atoms with E-state index >= 15 is 0 Å². The minimum absolute atomic E-state index is 0.168. The molecule has 0 radical (unpaired) electrons. The molecule has 1 atom stereocenters. The molecule has 0 aliphatic carbocycles. The maximum Gasteiger partial charge on any atom is 0.363 e. The molecule has 0 aromatic carbocycles. The standard InChI is InChI=1S/C10H27NO12P4.C2H8N2/c1-5-10(26(18,19)20,27(21,22-7-3)23-8-4)11(6-2)9(24(12,13)14)25(15,16)17;3-1-2-4/h9H,5-8H2,1-4H3,(H2,12,13,14)(H2,15,16,17)(H2,18,19,20);1-4H2. The van der Waals surface area contributed by atoms with Gasteiger partial charge in [-0.25, -0.2) is 0 Å². The molecule has 0 heterocycles. The Labute approximate surface area is 181 Å². The molecule has 0 saturated heterocycles. The van der Waals surface area contributed by atoms with E-state index in [-0.39, 0.29) is 18.1 Å². The number of nitrogens with two attached hydrogens (primary N) is 2. The summed E-state index contributed by atoms with van der Waals surface area (Å²) in [4.78, 5) is 58.3. The van der Waals surface area contributed by atoms with Crippen LogP contribution in [0.3, 0.4) is 0 Å². The predicted molar refractivity (Wildman–Crippen MR) is 114 cm³/mol. The van der Waals surface area contributed by atoms with Crippen molar-refractivity contribution in [1.82, 2.24) is 4.90 Å². The van der Waals surface area contributed by atoms with Crippen molar-refractivity contribution >= 4 is 30.4 Å². The minimum Gasteiger partial charge on any atom is -0.329 e. The average Bonchev–Trinajstić information content (AvgIpc) is 2.58. The smallest absolute Gasteiger partial charge is 0.329 e. The SMILES string of the molecule is CCOP(=O)(OCC)C(CC)(N(CC)C(P(=O)(O)O)P(=O)(O)O)P(=O)(O)O.NCCN. The van der Waals surface area contributed by atoms with Crippen LogP contribution < -0.4 is 11.5 Å². The van der Waals surface area contributed by atoms with Crippen molar-refractivity contribution in [2.45, 2.75) is 44.7 Å². The van der Waals surface area contributed by atoms with Crippen molar-refractivity contribution in [3.8, 4) is 0 Å². The van der Waals surface area contributed by atoms with Crippen LogP contribution in [-0.2, 0) is 27.3 Å². The van der Waals surface area contributed by atoms with Crippen LogP contribution in [0.2, 0.25) is 0 Å². The zero-order valence-electron chi connectivity index (χ0n) is 17.8. The number of hydrogen-bond donors (Lipinski definition) is 8. The van der Waals surface area contributed by atoms with Crippen molar-refractivity contribution < 1.29 is 56.7 Å². The lowest BCUT2D eigenvalue weighted by Crippen LogP contribution is -2.53. The largest absolute Gasteiger partial charge is 0.363 e. The van der Waals surface area contributed by atoms with Crippen molar-refractivity contribution in [2.24, 2.45) is 11.5 Å². The summed E-state index contributed by atoms with van der Waals surface area (Å²) < 4.78 is 59.5. The van der Waals surface area contributed by atoms with Gasteiger partial charge in [-0.05, 0) is 26.8 Å². The molecule has 190 valence electrons. The summed E-state index contributed by atoms with van der Waals surface area (Å²) in [6.45, 7) is 4.74. The summed E-state index contributed by atoms with van der Waals surface area (Å²) in [5.41, 5.74) is 6.84. The third-order valence-electron chi connectivity index (χ3n) is 3.83. The second-order valence-corrected chi connectivity index (χ2v) is 14.1. The zero-order chi connectivity index (χ0) is 25.3. The van der Waals surface area contributed by atoms with Gasteiger partial charge < -0.3 is 49.9 Å². The molecule has 15 nitrogen and oxygen atoms in total. The molecule has 0 aliphatic rings. The maximum atomic E-state index is 13.4. The first-order valence-corrected chi connectivity index (χ1v) is 15.7. The highest BCUT2D eigenvalue weighted by Crippen LogP contribution is 2.79. The topological polar surface area (TPSA) is 263 Å². The molecule has 1 unspecified atom stereocenters. The van der Waals surface area contributed by atoms with E-state index < -0.39 is 53.9 Å². The third kappa shape index (κ3) is 8.33. The quantitative estimate of drug-likeness (QED) is 0.147. The summed E-state index contributed by atoms with van der Waals surface area (Å²) >= 11 is 0. The molecule has 19 heteroatoms. The first-order valence-electron chi connectivity index (χ1n) is 9.13. The van der Waals surface area contributed by atoms with E-state index in [0.29, 0.717) is 13.1 Å². The second kappa shape index (κ2) is 13.4. The Morgan fingerprint density at radius 1 is 0.806 bits per heavy atom. The summed E-state index contributed by atoms with van der Waals surface area (Å²) in [6.07, 6.45) is -0.751. The molecular weight excluding hydrogens is 502 g/mol. The van der Waals surface area contributed by atoms with Gasteiger partial charge in [0.2, 0.25) is 10.5 Å². The Bertz CT molecular complexity index is 688. The van der Waals surface area contributed by atoms with Gasteiger partial charge in [-0.3, -0.25) is 23.2 Å². The van der Waals surface area contributed by atoms with Crippen LogP contribution >= 0.6 is 30.4 Å². The van der Waals surface area contributed by atoms with Crippen LogP contribution in [-0.4, -0.2) is 77.7 Å². The summed E-state index contributed by atoms with van der Waals surface area (Å²) in [5, 5.41) is -3.03. The Morgan fingerprint density at radius 2 is 1.16 bits per heavy atom. The van der Waals surface area contributed by atoms with Gasteiger partial charge in [0.1, 0.15) is 0 Å². The van der Waals surface area contributed by atoms with Gasteiger partial charge in [-0.1, -0.05) is 13.8 Å².